The number of nitrogens with one attached hydrogen (secondary N) is 1. The number of ether oxygens (including phenoxy) is 1. The summed E-state index contributed by atoms with van der Waals surface area (Å²) in [5.74, 6) is 0.616. The monoisotopic (exact) mass is 364 g/mol. The maximum Gasteiger partial charge on any atom is 0.270 e. The Labute approximate surface area is 158 Å². The number of aromatic nitrogens is 3. The van der Waals surface area contributed by atoms with Gasteiger partial charge in [-0.1, -0.05) is 12.1 Å². The van der Waals surface area contributed by atoms with E-state index in [2.05, 4.69) is 15.3 Å². The molecule has 0 saturated heterocycles. The van der Waals surface area contributed by atoms with Crippen LogP contribution in [0.3, 0.4) is 0 Å². The number of imidazole rings is 1. The Morgan fingerprint density at radius 1 is 1.15 bits per heavy atom. The van der Waals surface area contributed by atoms with Crippen LogP contribution >= 0.6 is 0 Å². The Morgan fingerprint density at radius 3 is 2.70 bits per heavy atom. The van der Waals surface area contributed by atoms with Gasteiger partial charge in [0.15, 0.2) is 0 Å². The molecule has 0 aromatic carbocycles. The first kappa shape index (κ1) is 17.5. The van der Waals surface area contributed by atoms with Crippen molar-refractivity contribution >= 4 is 11.6 Å². The normalized spacial score (nSPS) is 19.8. The number of carbonyl (C=O) groups is 1. The molecule has 1 aliphatic rings. The smallest absolute Gasteiger partial charge is 0.270 e. The van der Waals surface area contributed by atoms with Crippen LogP contribution in [0.1, 0.15) is 47.4 Å². The molecule has 1 amide bonds. The molecule has 27 heavy (non-hydrogen) atoms. The van der Waals surface area contributed by atoms with E-state index in [0.717, 1.165) is 42.6 Å². The SMILES string of the molecule is Cc1ccc(OC2CCC(NC(=O)c3c(C)nc4ccccn34)CC2)nc1. The maximum absolute atomic E-state index is 12.8. The van der Waals surface area contributed by atoms with Crippen LogP contribution in [0.15, 0.2) is 42.7 Å². The highest BCUT2D eigenvalue weighted by Crippen LogP contribution is 2.23. The molecular weight excluding hydrogens is 340 g/mol. The zero-order valence-electron chi connectivity index (χ0n) is 15.7. The van der Waals surface area contributed by atoms with Crippen LogP contribution in [0.5, 0.6) is 5.88 Å². The van der Waals surface area contributed by atoms with Gasteiger partial charge in [-0.05, 0) is 57.2 Å². The summed E-state index contributed by atoms with van der Waals surface area (Å²) in [5, 5.41) is 3.18. The third-order valence-corrected chi connectivity index (χ3v) is 5.10. The number of hydrogen-bond acceptors (Lipinski definition) is 4. The van der Waals surface area contributed by atoms with Crippen molar-refractivity contribution in [2.24, 2.45) is 0 Å². The van der Waals surface area contributed by atoms with Crippen molar-refractivity contribution in [1.29, 1.82) is 0 Å². The summed E-state index contributed by atoms with van der Waals surface area (Å²) >= 11 is 0. The van der Waals surface area contributed by atoms with Crippen molar-refractivity contribution < 1.29 is 9.53 Å². The number of rotatable bonds is 4. The Hall–Kier alpha value is -2.89. The van der Waals surface area contributed by atoms with E-state index in [1.165, 1.54) is 0 Å². The summed E-state index contributed by atoms with van der Waals surface area (Å²) in [5.41, 5.74) is 3.29. The van der Waals surface area contributed by atoms with Gasteiger partial charge in [-0.15, -0.1) is 0 Å². The molecule has 0 spiro atoms. The van der Waals surface area contributed by atoms with Crippen molar-refractivity contribution in [3.63, 3.8) is 0 Å². The van der Waals surface area contributed by atoms with Crippen molar-refractivity contribution in [2.45, 2.75) is 51.7 Å². The van der Waals surface area contributed by atoms with E-state index >= 15 is 0 Å². The summed E-state index contributed by atoms with van der Waals surface area (Å²) in [6, 6.07) is 9.83. The van der Waals surface area contributed by atoms with E-state index in [9.17, 15) is 4.79 Å². The first-order valence-corrected chi connectivity index (χ1v) is 9.44. The highest BCUT2D eigenvalue weighted by molar-refractivity contribution is 5.94. The van der Waals surface area contributed by atoms with E-state index in [-0.39, 0.29) is 18.1 Å². The van der Waals surface area contributed by atoms with Crippen LogP contribution in [0.25, 0.3) is 5.65 Å². The summed E-state index contributed by atoms with van der Waals surface area (Å²) in [4.78, 5) is 21.6. The molecular formula is C21H24N4O2. The van der Waals surface area contributed by atoms with Crippen molar-refractivity contribution in [3.8, 4) is 5.88 Å². The predicted octanol–water partition coefficient (Wildman–Crippen LogP) is 3.47. The first-order chi connectivity index (χ1) is 13.1. The zero-order valence-corrected chi connectivity index (χ0v) is 15.7. The van der Waals surface area contributed by atoms with Crippen molar-refractivity contribution in [2.75, 3.05) is 0 Å². The Morgan fingerprint density at radius 2 is 1.96 bits per heavy atom. The van der Waals surface area contributed by atoms with E-state index in [1.54, 1.807) is 0 Å². The molecule has 140 valence electrons. The number of amides is 1. The van der Waals surface area contributed by atoms with Crippen LogP contribution in [-0.2, 0) is 0 Å². The molecule has 6 heteroatoms. The lowest BCUT2D eigenvalue weighted by molar-refractivity contribution is 0.0884. The fourth-order valence-electron chi connectivity index (χ4n) is 3.66. The first-order valence-electron chi connectivity index (χ1n) is 9.44. The Balaban J connectivity index is 1.35. The zero-order chi connectivity index (χ0) is 18.8. The van der Waals surface area contributed by atoms with Crippen LogP contribution < -0.4 is 10.1 Å². The van der Waals surface area contributed by atoms with Crippen LogP contribution in [0.4, 0.5) is 0 Å². The van der Waals surface area contributed by atoms with Crippen molar-refractivity contribution in [3.05, 3.63) is 59.7 Å². The Bertz CT molecular complexity index is 940. The second-order valence-electron chi connectivity index (χ2n) is 7.21. The summed E-state index contributed by atoms with van der Waals surface area (Å²) in [7, 11) is 0. The highest BCUT2D eigenvalue weighted by Gasteiger charge is 2.26. The van der Waals surface area contributed by atoms with Crippen LogP contribution in [-0.4, -0.2) is 32.4 Å². The Kier molecular flexibility index (Phi) is 4.79. The molecule has 0 atom stereocenters. The number of pyridine rings is 2. The average Bonchev–Trinajstić information content (AvgIpc) is 3.01. The predicted molar refractivity (Wildman–Crippen MR) is 103 cm³/mol. The number of aryl methyl sites for hydroxylation is 2. The number of fused-ring (bicyclic) bond motifs is 1. The lowest BCUT2D eigenvalue weighted by Crippen LogP contribution is -2.40. The minimum absolute atomic E-state index is 0.0595. The molecule has 1 aliphatic carbocycles. The van der Waals surface area contributed by atoms with Gasteiger partial charge in [0.1, 0.15) is 17.4 Å². The number of nitrogens with zero attached hydrogens (tertiary/aromatic N) is 3. The van der Waals surface area contributed by atoms with Gasteiger partial charge in [-0.25, -0.2) is 9.97 Å². The summed E-state index contributed by atoms with van der Waals surface area (Å²) in [6.45, 7) is 3.89. The van der Waals surface area contributed by atoms with Gasteiger partial charge in [0.25, 0.3) is 5.91 Å². The molecule has 0 radical (unpaired) electrons. The van der Waals surface area contributed by atoms with E-state index in [1.807, 2.05) is 61.0 Å². The lowest BCUT2D eigenvalue weighted by atomic mass is 9.93. The molecule has 3 aromatic heterocycles. The largest absolute Gasteiger partial charge is 0.474 e. The number of carbonyl (C=O) groups excluding carboxylic acids is 1. The van der Waals surface area contributed by atoms with E-state index in [4.69, 9.17) is 4.74 Å². The quantitative estimate of drug-likeness (QED) is 0.770. The van der Waals surface area contributed by atoms with Crippen LogP contribution in [0.2, 0.25) is 0 Å². The third kappa shape index (κ3) is 3.79. The maximum atomic E-state index is 12.8. The van der Waals surface area contributed by atoms with Gasteiger partial charge >= 0.3 is 0 Å². The fraction of sp³-hybridized carbons (Fsp3) is 0.381. The molecule has 0 unspecified atom stereocenters. The van der Waals surface area contributed by atoms with Gasteiger partial charge in [0.05, 0.1) is 5.69 Å². The molecule has 3 aromatic rings. The molecule has 4 rings (SSSR count). The molecule has 1 N–H and O–H groups in total. The highest BCUT2D eigenvalue weighted by atomic mass is 16.5. The van der Waals surface area contributed by atoms with Crippen LogP contribution in [0, 0.1) is 13.8 Å². The van der Waals surface area contributed by atoms with Gasteiger partial charge < -0.3 is 10.1 Å². The van der Waals surface area contributed by atoms with Gasteiger partial charge in [-0.2, -0.15) is 0 Å². The topological polar surface area (TPSA) is 68.5 Å². The minimum Gasteiger partial charge on any atom is -0.474 e. The van der Waals surface area contributed by atoms with E-state index < -0.39 is 0 Å². The molecule has 3 heterocycles. The lowest BCUT2D eigenvalue weighted by Gasteiger charge is -2.29. The van der Waals surface area contributed by atoms with Crippen molar-refractivity contribution in [1.82, 2.24) is 19.7 Å². The summed E-state index contributed by atoms with van der Waals surface area (Å²) < 4.78 is 7.82. The number of hydrogen-bond donors (Lipinski definition) is 1. The third-order valence-electron chi connectivity index (χ3n) is 5.10. The van der Waals surface area contributed by atoms with Gasteiger partial charge in [-0.3, -0.25) is 9.20 Å². The average molecular weight is 364 g/mol. The summed E-state index contributed by atoms with van der Waals surface area (Å²) in [6.07, 6.45) is 7.48. The molecule has 1 saturated carbocycles. The second kappa shape index (κ2) is 7.39. The van der Waals surface area contributed by atoms with Gasteiger partial charge in [0.2, 0.25) is 5.88 Å². The van der Waals surface area contributed by atoms with Gasteiger partial charge in [0, 0.05) is 24.5 Å². The van der Waals surface area contributed by atoms with E-state index in [0.29, 0.717) is 11.6 Å². The minimum atomic E-state index is -0.0595. The molecule has 0 bridgehead atoms. The second-order valence-corrected chi connectivity index (χ2v) is 7.21. The fourth-order valence-corrected chi connectivity index (χ4v) is 3.66. The molecule has 1 fully saturated rings. The molecule has 0 aliphatic heterocycles. The molecule has 6 nitrogen and oxygen atoms in total. The standard InChI is InChI=1S/C21H24N4O2/c1-14-6-11-19(22-13-14)27-17-9-7-16(8-10-17)24-21(26)20-15(2)23-18-5-3-4-12-25(18)20/h3-6,11-13,16-17H,7-10H2,1-2H3,(H,24,26).